The molecule has 1 aliphatic heterocycles. The van der Waals surface area contributed by atoms with Gasteiger partial charge in [-0.3, -0.25) is 5.10 Å². The van der Waals surface area contributed by atoms with E-state index in [1.807, 2.05) is 6.92 Å². The van der Waals surface area contributed by atoms with Gasteiger partial charge in [-0.1, -0.05) is 0 Å². The molecule has 2 heterocycles. The first kappa shape index (κ1) is 9.48. The molecule has 2 rings (SSSR count). The highest BCUT2D eigenvalue weighted by atomic mass is 35.5. The van der Waals surface area contributed by atoms with Gasteiger partial charge in [-0.05, 0) is 19.9 Å². The number of hydrogen-bond donors (Lipinski definition) is 2. The maximum absolute atomic E-state index is 4.29. The molecule has 0 amide bonds. The van der Waals surface area contributed by atoms with Crippen molar-refractivity contribution in [3.8, 4) is 0 Å². The molecule has 2 N–H and O–H groups in total. The monoisotopic (exact) mass is 188 g/mol. The van der Waals surface area contributed by atoms with Crippen molar-refractivity contribution in [3.05, 3.63) is 11.6 Å². The lowest BCUT2D eigenvalue weighted by Crippen LogP contribution is -2.08. The number of nitrogens with zero attached hydrogens (tertiary/aromatic N) is 2. The van der Waals surface area contributed by atoms with E-state index in [9.17, 15) is 0 Å². The van der Waals surface area contributed by atoms with Crippen LogP contribution in [0.1, 0.15) is 24.0 Å². The van der Waals surface area contributed by atoms with Crippen LogP contribution in [0.3, 0.4) is 0 Å². The minimum atomic E-state index is 0. The first-order valence-electron chi connectivity index (χ1n) is 3.96. The predicted molar refractivity (Wildman–Crippen MR) is 48.6 cm³/mol. The normalized spacial score (nSPS) is 22.2. The molecular weight excluding hydrogens is 176 g/mol. The van der Waals surface area contributed by atoms with Crippen LogP contribution in [0.2, 0.25) is 0 Å². The Balaban J connectivity index is 0.000000720. The van der Waals surface area contributed by atoms with Crippen molar-refractivity contribution in [2.45, 2.75) is 19.3 Å². The average molecular weight is 189 g/mol. The fourth-order valence-electron chi connectivity index (χ4n) is 1.42. The van der Waals surface area contributed by atoms with Crippen molar-refractivity contribution >= 4 is 12.4 Å². The molecule has 68 valence electrons. The Morgan fingerprint density at radius 1 is 1.50 bits per heavy atom. The number of hydrogen-bond acceptors (Lipinski definition) is 3. The van der Waals surface area contributed by atoms with Crippen molar-refractivity contribution in [1.29, 1.82) is 0 Å². The molecule has 0 bridgehead atoms. The maximum atomic E-state index is 4.29. The highest BCUT2D eigenvalue weighted by molar-refractivity contribution is 5.85. The summed E-state index contributed by atoms with van der Waals surface area (Å²) < 4.78 is 0. The van der Waals surface area contributed by atoms with E-state index >= 15 is 0 Å². The molecule has 0 spiro atoms. The molecule has 12 heavy (non-hydrogen) atoms. The Morgan fingerprint density at radius 2 is 2.33 bits per heavy atom. The van der Waals surface area contributed by atoms with Gasteiger partial charge in [-0.25, -0.2) is 4.98 Å². The molecule has 1 fully saturated rings. The molecular formula is C7H13ClN4. The average Bonchev–Trinajstić information content (AvgIpc) is 2.55. The standard InChI is InChI=1S/C7H12N4.ClH/c1-5-9-7(11-10-5)6-2-3-8-4-6;/h6,8H,2-4H2,1H3,(H,9,10,11);1H. The Labute approximate surface area is 77.6 Å². The molecule has 0 saturated carbocycles. The van der Waals surface area contributed by atoms with Gasteiger partial charge in [0.25, 0.3) is 0 Å². The van der Waals surface area contributed by atoms with Crippen LogP contribution in [0.25, 0.3) is 0 Å². The number of aromatic nitrogens is 3. The SMILES string of the molecule is Cc1nc(C2CCNC2)n[nH]1.Cl. The molecule has 0 radical (unpaired) electrons. The third-order valence-electron chi connectivity index (χ3n) is 2.04. The van der Waals surface area contributed by atoms with Crippen molar-refractivity contribution in [2.75, 3.05) is 13.1 Å². The van der Waals surface area contributed by atoms with Gasteiger partial charge in [0.2, 0.25) is 0 Å². The summed E-state index contributed by atoms with van der Waals surface area (Å²) in [4.78, 5) is 4.29. The minimum absolute atomic E-state index is 0. The fourth-order valence-corrected chi connectivity index (χ4v) is 1.42. The van der Waals surface area contributed by atoms with E-state index < -0.39 is 0 Å². The lowest BCUT2D eigenvalue weighted by atomic mass is 10.1. The fraction of sp³-hybridized carbons (Fsp3) is 0.714. The quantitative estimate of drug-likeness (QED) is 0.679. The lowest BCUT2D eigenvalue weighted by Gasteiger charge is -1.99. The Bertz CT molecular complexity index is 241. The third kappa shape index (κ3) is 1.76. The Morgan fingerprint density at radius 3 is 2.83 bits per heavy atom. The van der Waals surface area contributed by atoms with E-state index in [1.54, 1.807) is 0 Å². The second-order valence-electron chi connectivity index (χ2n) is 2.97. The Hall–Kier alpha value is -0.610. The zero-order valence-corrected chi connectivity index (χ0v) is 7.82. The van der Waals surface area contributed by atoms with Crippen molar-refractivity contribution in [1.82, 2.24) is 20.5 Å². The number of rotatable bonds is 1. The van der Waals surface area contributed by atoms with Crippen LogP contribution in [-0.2, 0) is 0 Å². The molecule has 1 atom stereocenters. The predicted octanol–water partition coefficient (Wildman–Crippen LogP) is 0.612. The summed E-state index contributed by atoms with van der Waals surface area (Å²) in [6, 6.07) is 0. The second kappa shape index (κ2) is 3.87. The minimum Gasteiger partial charge on any atom is -0.316 e. The molecule has 1 saturated heterocycles. The first-order valence-corrected chi connectivity index (χ1v) is 3.96. The smallest absolute Gasteiger partial charge is 0.155 e. The van der Waals surface area contributed by atoms with Gasteiger partial charge in [0.1, 0.15) is 5.82 Å². The van der Waals surface area contributed by atoms with E-state index in [0.717, 1.165) is 31.2 Å². The van der Waals surface area contributed by atoms with E-state index in [0.29, 0.717) is 5.92 Å². The highest BCUT2D eigenvalue weighted by Gasteiger charge is 2.19. The van der Waals surface area contributed by atoms with Crippen molar-refractivity contribution < 1.29 is 0 Å². The molecule has 1 aromatic heterocycles. The van der Waals surface area contributed by atoms with Crippen LogP contribution < -0.4 is 5.32 Å². The summed E-state index contributed by atoms with van der Waals surface area (Å²) in [5.41, 5.74) is 0. The summed E-state index contributed by atoms with van der Waals surface area (Å²) in [5.74, 6) is 2.40. The van der Waals surface area contributed by atoms with Gasteiger partial charge < -0.3 is 5.32 Å². The van der Waals surface area contributed by atoms with Crippen LogP contribution in [0.4, 0.5) is 0 Å². The van der Waals surface area contributed by atoms with Gasteiger partial charge in [-0.2, -0.15) is 5.10 Å². The van der Waals surface area contributed by atoms with Gasteiger partial charge in [-0.15, -0.1) is 12.4 Å². The van der Waals surface area contributed by atoms with E-state index in [-0.39, 0.29) is 12.4 Å². The van der Waals surface area contributed by atoms with Crippen molar-refractivity contribution in [3.63, 3.8) is 0 Å². The zero-order valence-electron chi connectivity index (χ0n) is 7.00. The van der Waals surface area contributed by atoms with Gasteiger partial charge in [0.15, 0.2) is 5.82 Å². The molecule has 1 aromatic rings. The number of nitrogens with one attached hydrogen (secondary N) is 2. The maximum Gasteiger partial charge on any atom is 0.155 e. The number of halogens is 1. The summed E-state index contributed by atoms with van der Waals surface area (Å²) in [6.07, 6.45) is 1.16. The molecule has 0 aromatic carbocycles. The van der Waals surface area contributed by atoms with Crippen LogP contribution in [0.15, 0.2) is 0 Å². The van der Waals surface area contributed by atoms with E-state index in [2.05, 4.69) is 20.5 Å². The van der Waals surface area contributed by atoms with Crippen LogP contribution in [0.5, 0.6) is 0 Å². The topological polar surface area (TPSA) is 53.6 Å². The summed E-state index contributed by atoms with van der Waals surface area (Å²) in [7, 11) is 0. The zero-order chi connectivity index (χ0) is 7.68. The summed E-state index contributed by atoms with van der Waals surface area (Å²) in [5, 5.41) is 10.3. The third-order valence-corrected chi connectivity index (χ3v) is 2.04. The van der Waals surface area contributed by atoms with Crippen LogP contribution in [-0.4, -0.2) is 28.3 Å². The van der Waals surface area contributed by atoms with Crippen LogP contribution in [0, 0.1) is 6.92 Å². The Kier molecular flexibility index (Phi) is 3.05. The number of aromatic amines is 1. The highest BCUT2D eigenvalue weighted by Crippen LogP contribution is 2.17. The molecule has 1 unspecified atom stereocenters. The lowest BCUT2D eigenvalue weighted by molar-refractivity contribution is 0.706. The number of H-pyrrole nitrogens is 1. The number of aryl methyl sites for hydroxylation is 1. The van der Waals surface area contributed by atoms with Crippen LogP contribution >= 0.6 is 12.4 Å². The second-order valence-corrected chi connectivity index (χ2v) is 2.97. The summed E-state index contributed by atoms with van der Waals surface area (Å²) in [6.45, 7) is 4.05. The molecule has 0 aliphatic carbocycles. The van der Waals surface area contributed by atoms with Crippen molar-refractivity contribution in [2.24, 2.45) is 0 Å². The molecule has 1 aliphatic rings. The van der Waals surface area contributed by atoms with Gasteiger partial charge >= 0.3 is 0 Å². The molecule has 5 heteroatoms. The first-order chi connectivity index (χ1) is 5.36. The van der Waals surface area contributed by atoms with E-state index in [1.165, 1.54) is 0 Å². The van der Waals surface area contributed by atoms with E-state index in [4.69, 9.17) is 0 Å². The summed E-state index contributed by atoms with van der Waals surface area (Å²) >= 11 is 0. The molecule has 4 nitrogen and oxygen atoms in total. The van der Waals surface area contributed by atoms with Gasteiger partial charge in [0.05, 0.1) is 0 Å². The van der Waals surface area contributed by atoms with Gasteiger partial charge in [0, 0.05) is 12.5 Å². The largest absolute Gasteiger partial charge is 0.316 e.